The van der Waals surface area contributed by atoms with Crippen LogP contribution in [0.25, 0.3) is 6.08 Å². The number of nitrogens with one attached hydrogen (secondary N) is 1. The van der Waals surface area contributed by atoms with Crippen molar-refractivity contribution in [2.24, 2.45) is 5.10 Å². The molecule has 0 unspecified atom stereocenters. The predicted octanol–water partition coefficient (Wildman–Crippen LogP) is 4.68. The zero-order valence-electron chi connectivity index (χ0n) is 16.2. The molecule has 29 heavy (non-hydrogen) atoms. The highest BCUT2D eigenvalue weighted by Gasteiger charge is 2.05. The molecule has 146 valence electrons. The molecule has 0 aromatic heterocycles. The summed E-state index contributed by atoms with van der Waals surface area (Å²) in [6.45, 7) is 4.19. The van der Waals surface area contributed by atoms with E-state index in [1.165, 1.54) is 0 Å². The third kappa shape index (κ3) is 5.81. The van der Waals surface area contributed by atoms with Crippen molar-refractivity contribution in [2.45, 2.75) is 6.61 Å². The number of carbonyl (C=O) groups excluding carboxylic acids is 1. The lowest BCUT2D eigenvalue weighted by Gasteiger charge is -2.07. The van der Waals surface area contributed by atoms with Gasteiger partial charge in [0.1, 0.15) is 18.1 Å². The van der Waals surface area contributed by atoms with E-state index >= 15 is 0 Å². The highest BCUT2D eigenvalue weighted by Crippen LogP contribution is 2.15. The van der Waals surface area contributed by atoms with Gasteiger partial charge < -0.3 is 9.47 Å². The van der Waals surface area contributed by atoms with Crippen LogP contribution in [0.3, 0.4) is 0 Å². The van der Waals surface area contributed by atoms with Crippen LogP contribution in [-0.2, 0) is 6.61 Å². The minimum atomic E-state index is -0.296. The number of methoxy groups -OCH3 is 1. The quantitative estimate of drug-likeness (QED) is 0.452. The summed E-state index contributed by atoms with van der Waals surface area (Å²) in [5.74, 6) is 1.12. The maximum atomic E-state index is 12.2. The van der Waals surface area contributed by atoms with Crippen LogP contribution in [0.5, 0.6) is 11.5 Å². The molecule has 0 aliphatic rings. The van der Waals surface area contributed by atoms with Crippen molar-refractivity contribution in [2.75, 3.05) is 7.11 Å². The molecule has 0 spiro atoms. The van der Waals surface area contributed by atoms with Crippen molar-refractivity contribution >= 4 is 18.2 Å². The third-order valence-corrected chi connectivity index (χ3v) is 4.21. The topological polar surface area (TPSA) is 59.9 Å². The standard InChI is InChI=1S/C24H22N2O3/c1-3-18-7-9-19(10-8-18)17-29-22-13-11-21(12-14-22)24(27)26-25-16-20-5-4-6-23(15-20)28-2/h3-16H,1,17H2,2H3,(H,26,27). The van der Waals surface area contributed by atoms with Gasteiger partial charge in [-0.2, -0.15) is 5.10 Å². The van der Waals surface area contributed by atoms with Crippen molar-refractivity contribution < 1.29 is 14.3 Å². The lowest BCUT2D eigenvalue weighted by Crippen LogP contribution is -2.17. The summed E-state index contributed by atoms with van der Waals surface area (Å²) < 4.78 is 10.9. The molecule has 0 heterocycles. The van der Waals surface area contributed by atoms with Gasteiger partial charge in [0.25, 0.3) is 5.91 Å². The number of ether oxygens (including phenoxy) is 2. The van der Waals surface area contributed by atoms with Gasteiger partial charge in [0, 0.05) is 5.56 Å². The van der Waals surface area contributed by atoms with Crippen molar-refractivity contribution in [3.8, 4) is 11.5 Å². The van der Waals surface area contributed by atoms with Crippen LogP contribution in [0.2, 0.25) is 0 Å². The summed E-state index contributed by atoms with van der Waals surface area (Å²) in [6, 6.07) is 22.3. The Hall–Kier alpha value is -3.86. The first-order valence-electron chi connectivity index (χ1n) is 9.09. The van der Waals surface area contributed by atoms with Crippen molar-refractivity contribution in [1.29, 1.82) is 0 Å². The van der Waals surface area contributed by atoms with E-state index in [4.69, 9.17) is 9.47 Å². The number of carbonyl (C=O) groups is 1. The maximum absolute atomic E-state index is 12.2. The van der Waals surface area contributed by atoms with E-state index in [0.717, 1.165) is 22.4 Å². The van der Waals surface area contributed by atoms with E-state index in [-0.39, 0.29) is 5.91 Å². The third-order valence-electron chi connectivity index (χ3n) is 4.21. The Bertz CT molecular complexity index is 993. The minimum absolute atomic E-state index is 0.296. The molecule has 0 fully saturated rings. The first-order chi connectivity index (χ1) is 14.2. The smallest absolute Gasteiger partial charge is 0.271 e. The minimum Gasteiger partial charge on any atom is -0.497 e. The molecule has 0 aliphatic heterocycles. The van der Waals surface area contributed by atoms with Crippen LogP contribution in [0.1, 0.15) is 27.0 Å². The number of nitrogens with zero attached hydrogens (tertiary/aromatic N) is 1. The Kier molecular flexibility index (Phi) is 6.79. The molecular formula is C24H22N2O3. The van der Waals surface area contributed by atoms with Gasteiger partial charge in [-0.25, -0.2) is 5.43 Å². The largest absolute Gasteiger partial charge is 0.497 e. The first-order valence-corrected chi connectivity index (χ1v) is 9.09. The van der Waals surface area contributed by atoms with Crippen LogP contribution in [0, 0.1) is 0 Å². The van der Waals surface area contributed by atoms with Gasteiger partial charge in [0.15, 0.2) is 0 Å². The van der Waals surface area contributed by atoms with Crippen LogP contribution in [0.15, 0.2) is 84.5 Å². The lowest BCUT2D eigenvalue weighted by molar-refractivity contribution is 0.0955. The number of hydrogen-bond donors (Lipinski definition) is 1. The van der Waals surface area contributed by atoms with Crippen molar-refractivity contribution in [1.82, 2.24) is 5.43 Å². The van der Waals surface area contributed by atoms with Gasteiger partial charge in [-0.3, -0.25) is 4.79 Å². The zero-order chi connectivity index (χ0) is 20.5. The number of hydrazone groups is 1. The van der Waals surface area contributed by atoms with Crippen molar-refractivity contribution in [3.63, 3.8) is 0 Å². The lowest BCUT2D eigenvalue weighted by atomic mass is 10.1. The highest BCUT2D eigenvalue weighted by molar-refractivity contribution is 5.95. The van der Waals surface area contributed by atoms with E-state index in [1.807, 2.05) is 48.5 Å². The normalized spacial score (nSPS) is 10.5. The number of rotatable bonds is 8. The summed E-state index contributed by atoms with van der Waals surface area (Å²) >= 11 is 0. The Morgan fingerprint density at radius 1 is 1.00 bits per heavy atom. The Morgan fingerprint density at radius 2 is 1.76 bits per heavy atom. The van der Waals surface area contributed by atoms with Gasteiger partial charge in [-0.05, 0) is 53.1 Å². The molecule has 0 saturated carbocycles. The maximum Gasteiger partial charge on any atom is 0.271 e. The first kappa shape index (κ1) is 19.9. The van der Waals surface area contributed by atoms with Crippen LogP contribution in [0.4, 0.5) is 0 Å². The fourth-order valence-corrected chi connectivity index (χ4v) is 2.57. The monoisotopic (exact) mass is 386 g/mol. The van der Waals surface area contributed by atoms with Crippen LogP contribution < -0.4 is 14.9 Å². The fraction of sp³-hybridized carbons (Fsp3) is 0.0833. The van der Waals surface area contributed by atoms with E-state index in [0.29, 0.717) is 17.9 Å². The second-order valence-corrected chi connectivity index (χ2v) is 6.23. The fourth-order valence-electron chi connectivity index (χ4n) is 2.57. The van der Waals surface area contributed by atoms with E-state index in [2.05, 4.69) is 17.1 Å². The zero-order valence-corrected chi connectivity index (χ0v) is 16.2. The van der Waals surface area contributed by atoms with Gasteiger partial charge in [0.2, 0.25) is 0 Å². The molecule has 3 aromatic rings. The number of amides is 1. The van der Waals surface area contributed by atoms with Crippen molar-refractivity contribution in [3.05, 3.63) is 102 Å². The van der Waals surface area contributed by atoms with E-state index < -0.39 is 0 Å². The summed E-state index contributed by atoms with van der Waals surface area (Å²) in [4.78, 5) is 12.2. The molecule has 1 amide bonds. The van der Waals surface area contributed by atoms with E-state index in [9.17, 15) is 4.79 Å². The molecule has 1 N–H and O–H groups in total. The second-order valence-electron chi connectivity index (χ2n) is 6.23. The molecule has 3 rings (SSSR count). The molecule has 0 aliphatic carbocycles. The number of benzene rings is 3. The average molecular weight is 386 g/mol. The molecule has 0 bridgehead atoms. The second kappa shape index (κ2) is 9.90. The molecule has 3 aromatic carbocycles. The highest BCUT2D eigenvalue weighted by atomic mass is 16.5. The summed E-state index contributed by atoms with van der Waals surface area (Å²) in [6.07, 6.45) is 3.37. The molecule has 5 heteroatoms. The molecule has 0 radical (unpaired) electrons. The van der Waals surface area contributed by atoms with Gasteiger partial charge in [-0.15, -0.1) is 0 Å². The van der Waals surface area contributed by atoms with Crippen LogP contribution >= 0.6 is 0 Å². The summed E-state index contributed by atoms with van der Waals surface area (Å²) in [5, 5.41) is 3.99. The van der Waals surface area contributed by atoms with Gasteiger partial charge in [0.05, 0.1) is 13.3 Å². The summed E-state index contributed by atoms with van der Waals surface area (Å²) in [7, 11) is 1.60. The molecule has 0 atom stereocenters. The Morgan fingerprint density at radius 3 is 2.45 bits per heavy atom. The summed E-state index contributed by atoms with van der Waals surface area (Å²) in [5.41, 5.74) is 5.97. The molecular weight excluding hydrogens is 364 g/mol. The van der Waals surface area contributed by atoms with Gasteiger partial charge >= 0.3 is 0 Å². The van der Waals surface area contributed by atoms with Gasteiger partial charge in [-0.1, -0.05) is 49.1 Å². The molecule has 5 nitrogen and oxygen atoms in total. The Balaban J connectivity index is 1.52. The predicted molar refractivity (Wildman–Crippen MR) is 115 cm³/mol. The van der Waals surface area contributed by atoms with E-state index in [1.54, 1.807) is 43.7 Å². The van der Waals surface area contributed by atoms with Crippen LogP contribution in [-0.4, -0.2) is 19.2 Å². The number of hydrogen-bond acceptors (Lipinski definition) is 4. The average Bonchev–Trinajstić information content (AvgIpc) is 2.78. The SMILES string of the molecule is C=Cc1ccc(COc2ccc(C(=O)NN=Cc3cccc(OC)c3)cc2)cc1. The Labute approximate surface area is 170 Å². The molecule has 0 saturated heterocycles.